The van der Waals surface area contributed by atoms with Crippen molar-refractivity contribution < 1.29 is 23.0 Å². The number of methoxy groups -OCH3 is 1. The van der Waals surface area contributed by atoms with Crippen molar-refractivity contribution in [1.29, 1.82) is 0 Å². The molecule has 0 spiro atoms. The second-order valence-corrected chi connectivity index (χ2v) is 6.03. The van der Waals surface area contributed by atoms with E-state index in [9.17, 15) is 4.57 Å². The summed E-state index contributed by atoms with van der Waals surface area (Å²) in [4.78, 5) is 0. The smallest absolute Gasteiger partial charge is 0.497 e. The Labute approximate surface area is 137 Å². The predicted octanol–water partition coefficient (Wildman–Crippen LogP) is 4.56. The van der Waals surface area contributed by atoms with E-state index < -0.39 is 7.82 Å². The lowest BCUT2D eigenvalue weighted by Gasteiger charge is -2.14. The zero-order valence-electron chi connectivity index (χ0n) is 13.9. The number of rotatable bonds is 11. The average molecular weight is 341 g/mol. The second-order valence-electron chi connectivity index (χ2n) is 4.46. The zero-order chi connectivity index (χ0) is 17.1. The molecule has 0 unspecified atom stereocenters. The number of phosphoric ester groups is 1. The topological polar surface area (TPSA) is 66.4 Å². The minimum atomic E-state index is -3.68. The minimum Gasteiger partial charge on any atom is -0.497 e. The molecule has 1 aromatic carbocycles. The highest BCUT2D eigenvalue weighted by atomic mass is 31.2. The van der Waals surface area contributed by atoms with Crippen LogP contribution in [0.1, 0.15) is 32.3 Å². The summed E-state index contributed by atoms with van der Waals surface area (Å²) in [5.74, 6) is 0.743. The van der Waals surface area contributed by atoms with Crippen molar-refractivity contribution in [3.05, 3.63) is 42.5 Å². The van der Waals surface area contributed by atoms with Gasteiger partial charge < -0.3 is 4.74 Å². The van der Waals surface area contributed by atoms with E-state index in [1.54, 1.807) is 27.0 Å². The summed E-state index contributed by atoms with van der Waals surface area (Å²) in [6, 6.07) is 7.36. The van der Waals surface area contributed by atoms with E-state index in [4.69, 9.17) is 18.4 Å². The lowest BCUT2D eigenvalue weighted by molar-refractivity contribution is 0.125. The summed E-state index contributed by atoms with van der Waals surface area (Å²) in [6.07, 6.45) is 3.08. The van der Waals surface area contributed by atoms with Crippen LogP contribution in [0.4, 0.5) is 0 Å². The molecule has 6 nitrogen and oxygen atoms in total. The normalized spacial score (nSPS) is 12.0. The third-order valence-corrected chi connectivity index (χ3v) is 4.26. The lowest BCUT2D eigenvalue weighted by Crippen LogP contribution is -2.04. The maximum Gasteiger partial charge on any atom is 0.550 e. The summed E-state index contributed by atoms with van der Waals surface area (Å²) in [7, 11) is -2.08. The van der Waals surface area contributed by atoms with Crippen LogP contribution < -0.4 is 4.74 Å². The van der Waals surface area contributed by atoms with Crippen LogP contribution in [0.15, 0.2) is 42.1 Å². The third kappa shape index (κ3) is 6.57. The van der Waals surface area contributed by atoms with Gasteiger partial charge in [-0.15, -0.1) is 6.58 Å². The summed E-state index contributed by atoms with van der Waals surface area (Å²) in [5, 5.41) is 4.01. The van der Waals surface area contributed by atoms with Crippen LogP contribution in [-0.4, -0.2) is 26.0 Å². The Morgan fingerprint density at radius 2 is 1.83 bits per heavy atom. The first-order chi connectivity index (χ1) is 11.1. The van der Waals surface area contributed by atoms with Crippen LogP contribution >= 0.6 is 7.82 Å². The van der Waals surface area contributed by atoms with Crippen molar-refractivity contribution >= 4 is 13.5 Å². The fraction of sp³-hybridized carbons (Fsp3) is 0.438. The van der Waals surface area contributed by atoms with Gasteiger partial charge in [0.2, 0.25) is 0 Å². The molecule has 0 saturated heterocycles. The van der Waals surface area contributed by atoms with Crippen LogP contribution in [0.2, 0.25) is 0 Å². The van der Waals surface area contributed by atoms with Gasteiger partial charge in [0.25, 0.3) is 0 Å². The van der Waals surface area contributed by atoms with Gasteiger partial charge in [-0.3, -0.25) is 13.7 Å². The summed E-state index contributed by atoms with van der Waals surface area (Å²) >= 11 is 0. The monoisotopic (exact) mass is 341 g/mol. The Hall–Kier alpha value is -1.62. The summed E-state index contributed by atoms with van der Waals surface area (Å²) in [5.41, 5.74) is 1.47. The molecular formula is C16H24NO5P. The van der Waals surface area contributed by atoms with Gasteiger partial charge in [0.05, 0.1) is 26.0 Å². The number of oxime groups is 1. The van der Waals surface area contributed by atoms with Crippen molar-refractivity contribution in [3.8, 4) is 5.75 Å². The molecule has 7 heteroatoms. The highest BCUT2D eigenvalue weighted by Gasteiger charge is 2.27. The van der Waals surface area contributed by atoms with Crippen molar-refractivity contribution in [2.24, 2.45) is 5.16 Å². The van der Waals surface area contributed by atoms with E-state index >= 15 is 0 Å². The van der Waals surface area contributed by atoms with Gasteiger partial charge in [0.1, 0.15) is 5.75 Å². The van der Waals surface area contributed by atoms with Crippen LogP contribution in [0, 0.1) is 0 Å². The SMILES string of the molecule is C=CCC/C(=N/OP(=O)(OCC)OCC)c1ccc(OC)cc1. The van der Waals surface area contributed by atoms with Gasteiger partial charge in [-0.2, -0.15) is 0 Å². The molecule has 0 radical (unpaired) electrons. The van der Waals surface area contributed by atoms with Crippen LogP contribution in [0.5, 0.6) is 5.75 Å². The number of hydrogen-bond acceptors (Lipinski definition) is 6. The zero-order valence-corrected chi connectivity index (χ0v) is 14.8. The molecule has 0 atom stereocenters. The first-order valence-electron chi connectivity index (χ1n) is 7.48. The number of nitrogens with zero attached hydrogens (tertiary/aromatic N) is 1. The molecule has 23 heavy (non-hydrogen) atoms. The van der Waals surface area contributed by atoms with Gasteiger partial charge in [-0.05, 0) is 56.5 Å². The molecule has 1 rings (SSSR count). The number of allylic oxidation sites excluding steroid dienone is 1. The quantitative estimate of drug-likeness (QED) is 0.255. The molecule has 128 valence electrons. The van der Waals surface area contributed by atoms with E-state index in [1.165, 1.54) is 0 Å². The molecular weight excluding hydrogens is 317 g/mol. The second kappa shape index (κ2) is 10.2. The first-order valence-corrected chi connectivity index (χ1v) is 8.94. The van der Waals surface area contributed by atoms with Crippen LogP contribution in [-0.2, 0) is 18.2 Å². The highest BCUT2D eigenvalue weighted by Crippen LogP contribution is 2.49. The number of phosphoric acid groups is 1. The Morgan fingerprint density at radius 3 is 2.30 bits per heavy atom. The van der Waals surface area contributed by atoms with Gasteiger partial charge >= 0.3 is 7.82 Å². The molecule has 0 saturated carbocycles. The van der Waals surface area contributed by atoms with Gasteiger partial charge in [0.15, 0.2) is 0 Å². The molecule has 0 bridgehead atoms. The fourth-order valence-electron chi connectivity index (χ4n) is 1.76. The third-order valence-electron chi connectivity index (χ3n) is 2.83. The molecule has 1 aromatic rings. The van der Waals surface area contributed by atoms with E-state index in [2.05, 4.69) is 11.7 Å². The van der Waals surface area contributed by atoms with Crippen LogP contribution in [0.3, 0.4) is 0 Å². The van der Waals surface area contributed by atoms with Crippen molar-refractivity contribution in [2.75, 3.05) is 20.3 Å². The number of hydrogen-bond donors (Lipinski definition) is 0. The average Bonchev–Trinajstić information content (AvgIpc) is 2.56. The number of ether oxygens (including phenoxy) is 1. The van der Waals surface area contributed by atoms with Gasteiger partial charge in [0, 0.05) is 0 Å². The fourth-order valence-corrected chi connectivity index (χ4v) is 2.76. The molecule has 0 aliphatic heterocycles. The largest absolute Gasteiger partial charge is 0.550 e. The van der Waals surface area contributed by atoms with Gasteiger partial charge in [-0.1, -0.05) is 11.2 Å². The molecule has 0 N–H and O–H groups in total. The Balaban J connectivity index is 2.98. The molecule has 0 heterocycles. The highest BCUT2D eigenvalue weighted by molar-refractivity contribution is 7.48. The molecule has 0 aliphatic rings. The Bertz CT molecular complexity index is 546. The maximum atomic E-state index is 12.3. The maximum absolute atomic E-state index is 12.3. The van der Waals surface area contributed by atoms with Crippen LogP contribution in [0.25, 0.3) is 0 Å². The molecule has 0 aromatic heterocycles. The summed E-state index contributed by atoms with van der Waals surface area (Å²) in [6.45, 7) is 7.53. The standard InChI is InChI=1S/C16H24NO5P/c1-5-8-9-16(14-10-12-15(19-4)13-11-14)17-22-23(18,20-6-2)21-7-3/h5,10-13H,1,6-9H2,2-4H3/b17-16-. The van der Waals surface area contributed by atoms with Crippen molar-refractivity contribution in [1.82, 2.24) is 0 Å². The number of benzene rings is 1. The van der Waals surface area contributed by atoms with Gasteiger partial charge in [-0.25, -0.2) is 4.57 Å². The van der Waals surface area contributed by atoms with E-state index in [0.29, 0.717) is 18.6 Å². The van der Waals surface area contributed by atoms with E-state index in [-0.39, 0.29) is 13.2 Å². The molecule has 0 aliphatic carbocycles. The Morgan fingerprint density at radius 1 is 1.22 bits per heavy atom. The van der Waals surface area contributed by atoms with E-state index in [0.717, 1.165) is 11.3 Å². The lowest BCUT2D eigenvalue weighted by atomic mass is 10.1. The molecule has 0 amide bonds. The summed E-state index contributed by atoms with van der Waals surface area (Å²) < 4.78 is 32.7. The molecule has 0 fully saturated rings. The Kier molecular flexibility index (Phi) is 8.62. The van der Waals surface area contributed by atoms with E-state index in [1.807, 2.05) is 24.3 Å². The minimum absolute atomic E-state index is 0.206. The predicted molar refractivity (Wildman–Crippen MR) is 90.9 cm³/mol. The van der Waals surface area contributed by atoms with Crippen molar-refractivity contribution in [3.63, 3.8) is 0 Å². The first kappa shape index (κ1) is 19.4. The van der Waals surface area contributed by atoms with Crippen molar-refractivity contribution in [2.45, 2.75) is 26.7 Å².